The third kappa shape index (κ3) is 5.51. The fraction of sp³-hybridized carbons (Fsp3) is 0.345. The SMILES string of the molecule is CC(C)(C)OC(=O)CON=C1CCCCC1n1nc(-c2c(-c3ccccc3)nn3ccccc23)ccc1=O. The first kappa shape index (κ1) is 25.4. The Morgan fingerprint density at radius 3 is 2.61 bits per heavy atom. The normalized spacial score (nSPS) is 17.0. The van der Waals surface area contributed by atoms with Gasteiger partial charge in [-0.15, -0.1) is 0 Å². The number of oxime groups is 1. The number of ether oxygens (including phenoxy) is 1. The molecule has 4 aromatic rings. The minimum absolute atomic E-state index is 0.224. The van der Waals surface area contributed by atoms with Crippen molar-refractivity contribution < 1.29 is 14.4 Å². The summed E-state index contributed by atoms with van der Waals surface area (Å²) in [6, 6.07) is 18.7. The number of pyridine rings is 1. The maximum absolute atomic E-state index is 13.1. The average molecular weight is 514 g/mol. The maximum atomic E-state index is 13.1. The zero-order valence-corrected chi connectivity index (χ0v) is 21.8. The third-order valence-corrected chi connectivity index (χ3v) is 6.29. The van der Waals surface area contributed by atoms with Gasteiger partial charge in [0.05, 0.1) is 28.5 Å². The summed E-state index contributed by atoms with van der Waals surface area (Å²) in [5.41, 5.74) is 3.99. The molecule has 196 valence electrons. The predicted molar refractivity (Wildman–Crippen MR) is 145 cm³/mol. The lowest BCUT2D eigenvalue weighted by Crippen LogP contribution is -2.34. The summed E-state index contributed by atoms with van der Waals surface area (Å²) in [5.74, 6) is -0.493. The first-order valence-corrected chi connectivity index (χ1v) is 12.8. The number of nitrogens with zero attached hydrogens (tertiary/aromatic N) is 5. The highest BCUT2D eigenvalue weighted by atomic mass is 16.7. The molecular formula is C29H31N5O4. The van der Waals surface area contributed by atoms with Crippen LogP contribution in [-0.2, 0) is 14.4 Å². The van der Waals surface area contributed by atoms with Crippen molar-refractivity contribution in [3.63, 3.8) is 0 Å². The molecule has 9 nitrogen and oxygen atoms in total. The zero-order chi connectivity index (χ0) is 26.7. The second kappa shape index (κ2) is 10.6. The quantitative estimate of drug-likeness (QED) is 0.264. The fourth-order valence-corrected chi connectivity index (χ4v) is 4.72. The van der Waals surface area contributed by atoms with Gasteiger partial charge in [-0.2, -0.15) is 10.2 Å². The monoisotopic (exact) mass is 513 g/mol. The van der Waals surface area contributed by atoms with E-state index in [9.17, 15) is 9.59 Å². The topological polar surface area (TPSA) is 100 Å². The van der Waals surface area contributed by atoms with Crippen LogP contribution >= 0.6 is 0 Å². The fourth-order valence-electron chi connectivity index (χ4n) is 4.72. The van der Waals surface area contributed by atoms with Crippen LogP contribution in [0.4, 0.5) is 0 Å². The van der Waals surface area contributed by atoms with Gasteiger partial charge >= 0.3 is 5.97 Å². The molecule has 3 aromatic heterocycles. The summed E-state index contributed by atoms with van der Waals surface area (Å²) in [7, 11) is 0. The van der Waals surface area contributed by atoms with Gasteiger partial charge in [-0.1, -0.05) is 48.0 Å². The van der Waals surface area contributed by atoms with Crippen molar-refractivity contribution >= 4 is 17.2 Å². The van der Waals surface area contributed by atoms with E-state index >= 15 is 0 Å². The van der Waals surface area contributed by atoms with Crippen LogP contribution in [0.15, 0.2) is 76.8 Å². The number of carbonyl (C=O) groups excluding carboxylic acids is 1. The van der Waals surface area contributed by atoms with Crippen LogP contribution in [0.5, 0.6) is 0 Å². The number of hydrogen-bond donors (Lipinski definition) is 0. The molecule has 1 atom stereocenters. The van der Waals surface area contributed by atoms with E-state index in [0.717, 1.165) is 35.2 Å². The molecule has 1 unspecified atom stereocenters. The Kier molecular flexibility index (Phi) is 7.09. The summed E-state index contributed by atoms with van der Waals surface area (Å²) >= 11 is 0. The lowest BCUT2D eigenvalue weighted by Gasteiger charge is -2.25. The molecule has 1 aliphatic rings. The summed E-state index contributed by atoms with van der Waals surface area (Å²) in [5, 5.41) is 13.9. The van der Waals surface area contributed by atoms with Crippen LogP contribution in [0.2, 0.25) is 0 Å². The van der Waals surface area contributed by atoms with E-state index < -0.39 is 11.6 Å². The van der Waals surface area contributed by atoms with Crippen molar-refractivity contribution in [2.24, 2.45) is 5.16 Å². The Hall–Kier alpha value is -4.27. The van der Waals surface area contributed by atoms with Crippen molar-refractivity contribution in [1.82, 2.24) is 19.4 Å². The molecule has 0 spiro atoms. The van der Waals surface area contributed by atoms with Gasteiger partial charge in [0.2, 0.25) is 6.61 Å². The second-order valence-electron chi connectivity index (χ2n) is 10.3. The Balaban J connectivity index is 1.51. The van der Waals surface area contributed by atoms with Gasteiger partial charge in [0.25, 0.3) is 5.56 Å². The van der Waals surface area contributed by atoms with Crippen molar-refractivity contribution in [2.45, 2.75) is 58.1 Å². The van der Waals surface area contributed by atoms with Gasteiger partial charge in [-0.05, 0) is 58.2 Å². The molecule has 0 amide bonds. The molecule has 1 fully saturated rings. The Bertz CT molecular complexity index is 1530. The molecular weight excluding hydrogens is 482 g/mol. The summed E-state index contributed by atoms with van der Waals surface area (Å²) < 4.78 is 8.61. The van der Waals surface area contributed by atoms with Gasteiger partial charge in [0.1, 0.15) is 11.3 Å². The summed E-state index contributed by atoms with van der Waals surface area (Å²) in [4.78, 5) is 30.5. The first-order valence-electron chi connectivity index (χ1n) is 12.8. The van der Waals surface area contributed by atoms with Gasteiger partial charge < -0.3 is 9.57 Å². The molecule has 9 heteroatoms. The number of fused-ring (bicyclic) bond motifs is 1. The van der Waals surface area contributed by atoms with E-state index in [4.69, 9.17) is 19.8 Å². The summed E-state index contributed by atoms with van der Waals surface area (Å²) in [6.07, 6.45) is 5.11. The standard InChI is InChI=1S/C29H31N5O4/c1-29(2,3)38-26(36)19-37-32-21-13-7-8-14-23(21)34-25(35)17-16-22(30-34)27-24-15-9-10-18-33(24)31-28(27)20-11-5-4-6-12-20/h4-6,9-12,15-18,23H,7-8,13-14,19H2,1-3H3. The number of rotatable bonds is 6. The third-order valence-electron chi connectivity index (χ3n) is 6.29. The number of esters is 1. The van der Waals surface area contributed by atoms with Gasteiger partial charge in [0.15, 0.2) is 0 Å². The molecule has 0 N–H and O–H groups in total. The first-order chi connectivity index (χ1) is 18.3. The van der Waals surface area contributed by atoms with Crippen LogP contribution in [-0.4, -0.2) is 43.3 Å². The van der Waals surface area contributed by atoms with E-state index in [1.54, 1.807) is 26.8 Å². The maximum Gasteiger partial charge on any atom is 0.347 e. The lowest BCUT2D eigenvalue weighted by atomic mass is 9.93. The molecule has 1 aliphatic carbocycles. The van der Waals surface area contributed by atoms with Gasteiger partial charge in [0, 0.05) is 17.8 Å². The highest BCUT2D eigenvalue weighted by Gasteiger charge is 2.27. The highest BCUT2D eigenvalue weighted by molar-refractivity contribution is 5.91. The molecule has 0 radical (unpaired) electrons. The van der Waals surface area contributed by atoms with Crippen LogP contribution in [0.25, 0.3) is 28.0 Å². The zero-order valence-electron chi connectivity index (χ0n) is 21.8. The van der Waals surface area contributed by atoms with Gasteiger partial charge in [-0.3, -0.25) is 4.79 Å². The van der Waals surface area contributed by atoms with E-state index in [1.807, 2.05) is 59.2 Å². The average Bonchev–Trinajstić information content (AvgIpc) is 3.29. The van der Waals surface area contributed by atoms with Crippen LogP contribution in [0.1, 0.15) is 52.5 Å². The van der Waals surface area contributed by atoms with Crippen molar-refractivity contribution in [2.75, 3.05) is 6.61 Å². The molecule has 0 aliphatic heterocycles. The lowest BCUT2D eigenvalue weighted by molar-refractivity contribution is -0.160. The highest BCUT2D eigenvalue weighted by Crippen LogP contribution is 2.34. The van der Waals surface area contributed by atoms with E-state index in [0.29, 0.717) is 24.2 Å². The van der Waals surface area contributed by atoms with E-state index in [2.05, 4.69) is 5.16 Å². The number of aromatic nitrogens is 4. The molecule has 1 aromatic carbocycles. The van der Waals surface area contributed by atoms with E-state index in [-0.39, 0.29) is 18.2 Å². The molecule has 0 saturated heterocycles. The van der Waals surface area contributed by atoms with Crippen LogP contribution < -0.4 is 5.56 Å². The molecule has 0 bridgehead atoms. The van der Waals surface area contributed by atoms with Gasteiger partial charge in [-0.25, -0.2) is 14.0 Å². The van der Waals surface area contributed by atoms with Crippen LogP contribution in [0.3, 0.4) is 0 Å². The molecule has 38 heavy (non-hydrogen) atoms. The molecule has 1 saturated carbocycles. The number of carbonyl (C=O) groups is 1. The smallest absolute Gasteiger partial charge is 0.347 e. The van der Waals surface area contributed by atoms with Crippen molar-refractivity contribution in [3.05, 3.63) is 77.2 Å². The minimum Gasteiger partial charge on any atom is -0.457 e. The summed E-state index contributed by atoms with van der Waals surface area (Å²) in [6.45, 7) is 5.10. The number of benzene rings is 1. The Morgan fingerprint density at radius 1 is 1.03 bits per heavy atom. The van der Waals surface area contributed by atoms with Crippen LogP contribution in [0, 0.1) is 0 Å². The minimum atomic E-state index is -0.602. The Morgan fingerprint density at radius 2 is 1.82 bits per heavy atom. The molecule has 5 rings (SSSR count). The Labute approximate surface area is 220 Å². The van der Waals surface area contributed by atoms with E-state index in [1.165, 1.54) is 10.7 Å². The number of hydrogen-bond acceptors (Lipinski definition) is 7. The predicted octanol–water partition coefficient (Wildman–Crippen LogP) is 5.05. The molecule has 3 heterocycles. The van der Waals surface area contributed by atoms with Crippen molar-refractivity contribution in [3.8, 4) is 22.5 Å². The van der Waals surface area contributed by atoms with Crippen molar-refractivity contribution in [1.29, 1.82) is 0 Å². The largest absolute Gasteiger partial charge is 0.457 e. The second-order valence-corrected chi connectivity index (χ2v) is 10.3.